The van der Waals surface area contributed by atoms with Gasteiger partial charge >= 0.3 is 0 Å². The largest absolute Gasteiger partial charge is 0.488 e. The van der Waals surface area contributed by atoms with Crippen LogP contribution in [0.5, 0.6) is 5.75 Å². The predicted molar refractivity (Wildman–Crippen MR) is 92.2 cm³/mol. The zero-order valence-electron chi connectivity index (χ0n) is 14.4. The summed E-state index contributed by atoms with van der Waals surface area (Å²) in [5, 5.41) is 2.71. The molecule has 1 fully saturated rings. The first kappa shape index (κ1) is 17.0. The SMILES string of the molecule is CC(=O)NCc1cc(OC2CCN(C(=O)c3[nH]ccc3C)C2)ccn1. The summed E-state index contributed by atoms with van der Waals surface area (Å²) in [4.78, 5) is 32.5. The lowest BCUT2D eigenvalue weighted by molar-refractivity contribution is -0.119. The Balaban J connectivity index is 1.58. The number of carbonyl (C=O) groups excluding carboxylic acids is 2. The molecule has 25 heavy (non-hydrogen) atoms. The van der Waals surface area contributed by atoms with Crippen LogP contribution in [0, 0.1) is 6.92 Å². The molecule has 132 valence electrons. The number of hydrogen-bond acceptors (Lipinski definition) is 4. The number of H-pyrrole nitrogens is 1. The summed E-state index contributed by atoms with van der Waals surface area (Å²) in [6.45, 7) is 4.98. The third-order valence-corrected chi connectivity index (χ3v) is 4.21. The molecule has 3 heterocycles. The molecule has 0 saturated carbocycles. The van der Waals surface area contributed by atoms with Gasteiger partial charge < -0.3 is 19.9 Å². The number of hydrogen-bond donors (Lipinski definition) is 2. The van der Waals surface area contributed by atoms with Crippen molar-refractivity contribution in [2.75, 3.05) is 13.1 Å². The van der Waals surface area contributed by atoms with Crippen LogP contribution in [-0.2, 0) is 11.3 Å². The Bertz CT molecular complexity index is 771. The summed E-state index contributed by atoms with van der Waals surface area (Å²) < 4.78 is 5.99. The minimum absolute atomic E-state index is 0.00896. The lowest BCUT2D eigenvalue weighted by Crippen LogP contribution is -2.31. The van der Waals surface area contributed by atoms with Crippen molar-refractivity contribution in [2.45, 2.75) is 32.9 Å². The first-order valence-corrected chi connectivity index (χ1v) is 8.32. The van der Waals surface area contributed by atoms with Crippen molar-refractivity contribution in [3.63, 3.8) is 0 Å². The molecule has 0 aromatic carbocycles. The summed E-state index contributed by atoms with van der Waals surface area (Å²) in [5.74, 6) is 0.609. The van der Waals surface area contributed by atoms with E-state index in [2.05, 4.69) is 15.3 Å². The molecule has 1 atom stereocenters. The number of likely N-dealkylation sites (tertiary alicyclic amines) is 1. The highest BCUT2D eigenvalue weighted by Gasteiger charge is 2.29. The average molecular weight is 342 g/mol. The molecule has 2 aromatic rings. The quantitative estimate of drug-likeness (QED) is 0.865. The Kier molecular flexibility index (Phi) is 5.02. The maximum atomic E-state index is 12.5. The molecule has 2 aromatic heterocycles. The standard InChI is InChI=1S/C18H22N4O3/c1-12-3-6-20-17(12)18(24)22-8-5-16(11-22)25-15-4-7-19-14(9-15)10-21-13(2)23/h3-4,6-7,9,16,20H,5,8,10-11H2,1-2H3,(H,21,23). The van der Waals surface area contributed by atoms with E-state index in [1.165, 1.54) is 6.92 Å². The lowest BCUT2D eigenvalue weighted by Gasteiger charge is -2.17. The number of ether oxygens (including phenoxy) is 1. The van der Waals surface area contributed by atoms with Crippen LogP contribution in [0.25, 0.3) is 0 Å². The van der Waals surface area contributed by atoms with Gasteiger partial charge in [-0.1, -0.05) is 0 Å². The van der Waals surface area contributed by atoms with Gasteiger partial charge in [0, 0.05) is 38.3 Å². The predicted octanol–water partition coefficient (Wildman–Crippen LogP) is 1.65. The zero-order valence-corrected chi connectivity index (χ0v) is 14.4. The van der Waals surface area contributed by atoms with Gasteiger partial charge in [0.1, 0.15) is 17.5 Å². The number of carbonyl (C=O) groups is 2. The molecule has 1 saturated heterocycles. The maximum absolute atomic E-state index is 12.5. The number of amides is 2. The summed E-state index contributed by atoms with van der Waals surface area (Å²) in [6.07, 6.45) is 4.18. The van der Waals surface area contributed by atoms with Crippen LogP contribution >= 0.6 is 0 Å². The van der Waals surface area contributed by atoms with Crippen LogP contribution < -0.4 is 10.1 Å². The fourth-order valence-corrected chi connectivity index (χ4v) is 2.88. The van der Waals surface area contributed by atoms with Gasteiger partial charge in [-0.25, -0.2) is 0 Å². The monoisotopic (exact) mass is 342 g/mol. The van der Waals surface area contributed by atoms with Gasteiger partial charge in [-0.3, -0.25) is 14.6 Å². The van der Waals surface area contributed by atoms with E-state index < -0.39 is 0 Å². The first-order valence-electron chi connectivity index (χ1n) is 8.32. The van der Waals surface area contributed by atoms with Gasteiger partial charge in [-0.05, 0) is 24.6 Å². The molecule has 2 amide bonds. The fourth-order valence-electron chi connectivity index (χ4n) is 2.88. The van der Waals surface area contributed by atoms with E-state index in [0.29, 0.717) is 31.1 Å². The highest BCUT2D eigenvalue weighted by atomic mass is 16.5. The first-order chi connectivity index (χ1) is 12.0. The maximum Gasteiger partial charge on any atom is 0.270 e. The van der Waals surface area contributed by atoms with Crippen molar-refractivity contribution in [1.82, 2.24) is 20.2 Å². The van der Waals surface area contributed by atoms with E-state index in [1.807, 2.05) is 24.0 Å². The summed E-state index contributed by atoms with van der Waals surface area (Å²) >= 11 is 0. The second kappa shape index (κ2) is 7.38. The van der Waals surface area contributed by atoms with Crippen LogP contribution in [0.15, 0.2) is 30.6 Å². The molecule has 1 aliphatic heterocycles. The third kappa shape index (κ3) is 4.17. The fraction of sp³-hybridized carbons (Fsp3) is 0.389. The van der Waals surface area contributed by atoms with Crippen LogP contribution in [0.2, 0.25) is 0 Å². The van der Waals surface area contributed by atoms with Gasteiger partial charge in [0.05, 0.1) is 18.8 Å². The van der Waals surface area contributed by atoms with Gasteiger partial charge in [-0.15, -0.1) is 0 Å². The van der Waals surface area contributed by atoms with E-state index in [1.54, 1.807) is 18.5 Å². The number of aryl methyl sites for hydroxylation is 1. The molecule has 0 radical (unpaired) electrons. The number of pyridine rings is 1. The normalized spacial score (nSPS) is 16.7. The minimum atomic E-state index is -0.0994. The molecule has 7 heteroatoms. The van der Waals surface area contributed by atoms with Crippen LogP contribution in [0.3, 0.4) is 0 Å². The highest BCUT2D eigenvalue weighted by Crippen LogP contribution is 2.20. The summed E-state index contributed by atoms with van der Waals surface area (Å²) in [5.41, 5.74) is 2.33. The van der Waals surface area contributed by atoms with Crippen molar-refractivity contribution < 1.29 is 14.3 Å². The average Bonchev–Trinajstić information content (AvgIpc) is 3.22. The number of rotatable bonds is 5. The Hall–Kier alpha value is -2.83. The zero-order chi connectivity index (χ0) is 17.8. The van der Waals surface area contributed by atoms with Crippen molar-refractivity contribution in [3.8, 4) is 5.75 Å². The second-order valence-corrected chi connectivity index (χ2v) is 6.21. The molecular formula is C18H22N4O3. The van der Waals surface area contributed by atoms with E-state index >= 15 is 0 Å². The number of aromatic nitrogens is 2. The second-order valence-electron chi connectivity index (χ2n) is 6.21. The molecule has 7 nitrogen and oxygen atoms in total. The topological polar surface area (TPSA) is 87.3 Å². The molecule has 2 N–H and O–H groups in total. The number of nitrogens with zero attached hydrogens (tertiary/aromatic N) is 2. The number of aromatic amines is 1. The molecule has 3 rings (SSSR count). The van der Waals surface area contributed by atoms with Crippen molar-refractivity contribution in [3.05, 3.63) is 47.5 Å². The summed E-state index contributed by atoms with van der Waals surface area (Å²) in [7, 11) is 0. The van der Waals surface area contributed by atoms with E-state index in [0.717, 1.165) is 17.7 Å². The van der Waals surface area contributed by atoms with Gasteiger partial charge in [0.25, 0.3) is 5.91 Å². The van der Waals surface area contributed by atoms with Gasteiger partial charge in [0.2, 0.25) is 5.91 Å². The molecule has 1 unspecified atom stereocenters. The lowest BCUT2D eigenvalue weighted by atomic mass is 10.2. The highest BCUT2D eigenvalue weighted by molar-refractivity contribution is 5.94. The Morgan fingerprint density at radius 3 is 3.00 bits per heavy atom. The molecular weight excluding hydrogens is 320 g/mol. The molecule has 0 aliphatic carbocycles. The summed E-state index contributed by atoms with van der Waals surface area (Å²) in [6, 6.07) is 5.50. The van der Waals surface area contributed by atoms with E-state index in [4.69, 9.17) is 4.74 Å². The van der Waals surface area contributed by atoms with E-state index in [-0.39, 0.29) is 17.9 Å². The third-order valence-electron chi connectivity index (χ3n) is 4.21. The van der Waals surface area contributed by atoms with Crippen molar-refractivity contribution in [2.24, 2.45) is 0 Å². The van der Waals surface area contributed by atoms with Crippen molar-refractivity contribution >= 4 is 11.8 Å². The Labute approximate surface area is 146 Å². The smallest absolute Gasteiger partial charge is 0.270 e. The number of nitrogens with one attached hydrogen (secondary N) is 2. The Morgan fingerprint density at radius 1 is 1.44 bits per heavy atom. The van der Waals surface area contributed by atoms with E-state index in [9.17, 15) is 9.59 Å². The molecule has 0 bridgehead atoms. The van der Waals surface area contributed by atoms with Gasteiger partial charge in [-0.2, -0.15) is 0 Å². The molecule has 1 aliphatic rings. The van der Waals surface area contributed by atoms with Crippen LogP contribution in [-0.4, -0.2) is 45.9 Å². The van der Waals surface area contributed by atoms with Crippen LogP contribution in [0.1, 0.15) is 35.1 Å². The van der Waals surface area contributed by atoms with Crippen molar-refractivity contribution in [1.29, 1.82) is 0 Å². The Morgan fingerprint density at radius 2 is 2.28 bits per heavy atom. The minimum Gasteiger partial charge on any atom is -0.488 e. The molecule has 0 spiro atoms. The van der Waals surface area contributed by atoms with Crippen LogP contribution in [0.4, 0.5) is 0 Å². The van der Waals surface area contributed by atoms with Gasteiger partial charge in [0.15, 0.2) is 0 Å².